The van der Waals surface area contributed by atoms with Gasteiger partial charge in [0, 0.05) is 50.9 Å². The summed E-state index contributed by atoms with van der Waals surface area (Å²) in [6.07, 6.45) is 3.99. The number of nitrogens with zero attached hydrogens (tertiary/aromatic N) is 4. The van der Waals surface area contributed by atoms with Crippen molar-refractivity contribution in [2.75, 3.05) is 31.1 Å². The van der Waals surface area contributed by atoms with Gasteiger partial charge in [0.1, 0.15) is 0 Å². The van der Waals surface area contributed by atoms with Gasteiger partial charge in [0.25, 0.3) is 0 Å². The van der Waals surface area contributed by atoms with Crippen molar-refractivity contribution >= 4 is 11.9 Å². The minimum Gasteiger partial charge on any atom is -0.339 e. The average Bonchev–Trinajstić information content (AvgIpc) is 2.79. The number of carbonyl (C=O) groups is 1. The molecule has 0 unspecified atom stereocenters. The Morgan fingerprint density at radius 2 is 1.32 bits per heavy atom. The van der Waals surface area contributed by atoms with Crippen LogP contribution in [0.1, 0.15) is 23.5 Å². The zero-order valence-electron chi connectivity index (χ0n) is 15.8. The first-order valence-corrected chi connectivity index (χ1v) is 9.71. The molecule has 4 rings (SSSR count). The molecule has 2 heterocycles. The highest BCUT2D eigenvalue weighted by Gasteiger charge is 2.25. The number of hydrogen-bond donors (Lipinski definition) is 0. The van der Waals surface area contributed by atoms with Gasteiger partial charge in [-0.05, 0) is 17.2 Å². The number of rotatable bonds is 5. The van der Waals surface area contributed by atoms with Crippen molar-refractivity contribution in [3.63, 3.8) is 0 Å². The predicted octanol–water partition coefficient (Wildman–Crippen LogP) is 3.35. The zero-order valence-corrected chi connectivity index (χ0v) is 15.8. The first-order valence-electron chi connectivity index (χ1n) is 9.71. The topological polar surface area (TPSA) is 49.3 Å². The lowest BCUT2D eigenvalue weighted by Crippen LogP contribution is -2.49. The van der Waals surface area contributed by atoms with Gasteiger partial charge in [-0.2, -0.15) is 0 Å². The summed E-state index contributed by atoms with van der Waals surface area (Å²) in [5.41, 5.74) is 2.36. The van der Waals surface area contributed by atoms with E-state index in [0.717, 1.165) is 19.0 Å². The molecule has 5 heteroatoms. The molecule has 0 N–H and O–H groups in total. The summed E-state index contributed by atoms with van der Waals surface area (Å²) in [5, 5.41) is 0. The Bertz CT molecular complexity index is 839. The van der Waals surface area contributed by atoms with E-state index in [-0.39, 0.29) is 11.8 Å². The molecular formula is C23H24N4O. The van der Waals surface area contributed by atoms with Gasteiger partial charge in [-0.25, -0.2) is 9.97 Å². The summed E-state index contributed by atoms with van der Waals surface area (Å²) >= 11 is 0. The minimum atomic E-state index is 0.0744. The second-order valence-electron chi connectivity index (χ2n) is 6.99. The lowest BCUT2D eigenvalue weighted by molar-refractivity contribution is -0.131. The second-order valence-corrected chi connectivity index (χ2v) is 6.99. The molecule has 1 aliphatic rings. The van der Waals surface area contributed by atoms with Gasteiger partial charge in [0.05, 0.1) is 0 Å². The van der Waals surface area contributed by atoms with E-state index in [1.165, 1.54) is 11.1 Å². The Balaban J connectivity index is 1.44. The fourth-order valence-corrected chi connectivity index (χ4v) is 3.71. The summed E-state index contributed by atoms with van der Waals surface area (Å²) in [4.78, 5) is 25.8. The zero-order chi connectivity index (χ0) is 19.2. The van der Waals surface area contributed by atoms with Crippen LogP contribution in [0.4, 0.5) is 5.95 Å². The van der Waals surface area contributed by atoms with Crippen molar-refractivity contribution in [3.8, 4) is 0 Å². The van der Waals surface area contributed by atoms with Gasteiger partial charge in [0.2, 0.25) is 11.9 Å². The summed E-state index contributed by atoms with van der Waals surface area (Å²) in [7, 11) is 0. The highest BCUT2D eigenvalue weighted by molar-refractivity contribution is 5.78. The maximum absolute atomic E-state index is 13.1. The lowest BCUT2D eigenvalue weighted by atomic mass is 9.88. The van der Waals surface area contributed by atoms with Crippen LogP contribution in [0.2, 0.25) is 0 Å². The Morgan fingerprint density at radius 3 is 1.86 bits per heavy atom. The van der Waals surface area contributed by atoms with Gasteiger partial charge in [-0.3, -0.25) is 4.79 Å². The van der Waals surface area contributed by atoms with Crippen LogP contribution in [0.25, 0.3) is 0 Å². The van der Waals surface area contributed by atoms with Crippen molar-refractivity contribution < 1.29 is 4.79 Å². The van der Waals surface area contributed by atoms with Crippen LogP contribution >= 0.6 is 0 Å². The van der Waals surface area contributed by atoms with Gasteiger partial charge >= 0.3 is 0 Å². The van der Waals surface area contributed by atoms with E-state index < -0.39 is 0 Å². The van der Waals surface area contributed by atoms with E-state index in [9.17, 15) is 4.79 Å². The Hall–Kier alpha value is -3.21. The number of piperazine rings is 1. The largest absolute Gasteiger partial charge is 0.339 e. The maximum atomic E-state index is 13.1. The number of anilines is 1. The maximum Gasteiger partial charge on any atom is 0.225 e. The van der Waals surface area contributed by atoms with Crippen LogP contribution in [0.3, 0.4) is 0 Å². The second kappa shape index (κ2) is 8.65. The van der Waals surface area contributed by atoms with E-state index in [1.807, 2.05) is 47.4 Å². The third-order valence-electron chi connectivity index (χ3n) is 5.25. The molecule has 0 atom stereocenters. The number of aromatic nitrogens is 2. The van der Waals surface area contributed by atoms with Gasteiger partial charge in [-0.15, -0.1) is 0 Å². The third-order valence-corrected chi connectivity index (χ3v) is 5.25. The molecule has 142 valence electrons. The van der Waals surface area contributed by atoms with Gasteiger partial charge in [0.15, 0.2) is 0 Å². The SMILES string of the molecule is O=C(CC(c1ccccc1)c1ccccc1)N1CCN(c2ncccn2)CC1. The molecule has 1 aromatic heterocycles. The van der Waals surface area contributed by atoms with Crippen molar-refractivity contribution in [2.24, 2.45) is 0 Å². The predicted molar refractivity (Wildman–Crippen MR) is 110 cm³/mol. The van der Waals surface area contributed by atoms with Gasteiger partial charge in [-0.1, -0.05) is 60.7 Å². The van der Waals surface area contributed by atoms with Crippen LogP contribution in [0.5, 0.6) is 0 Å². The third kappa shape index (κ3) is 4.19. The molecular weight excluding hydrogens is 348 g/mol. The summed E-state index contributed by atoms with van der Waals surface area (Å²) in [6.45, 7) is 2.93. The summed E-state index contributed by atoms with van der Waals surface area (Å²) < 4.78 is 0. The van der Waals surface area contributed by atoms with Crippen LogP contribution in [-0.2, 0) is 4.79 Å². The van der Waals surface area contributed by atoms with E-state index in [4.69, 9.17) is 0 Å². The Kier molecular flexibility index (Phi) is 5.61. The quantitative estimate of drug-likeness (QED) is 0.689. The molecule has 0 radical (unpaired) electrons. The van der Waals surface area contributed by atoms with E-state index in [0.29, 0.717) is 19.5 Å². The highest BCUT2D eigenvalue weighted by atomic mass is 16.2. The standard InChI is InChI=1S/C23H24N4O/c28-22(26-14-16-27(17-15-26)23-24-12-7-13-25-23)18-21(19-8-3-1-4-9-19)20-10-5-2-6-11-20/h1-13,21H,14-18H2. The highest BCUT2D eigenvalue weighted by Crippen LogP contribution is 2.28. The molecule has 1 fully saturated rings. The van der Waals surface area contributed by atoms with E-state index in [2.05, 4.69) is 39.1 Å². The van der Waals surface area contributed by atoms with Crippen LogP contribution in [0, 0.1) is 0 Å². The Morgan fingerprint density at radius 1 is 0.786 bits per heavy atom. The molecule has 1 aliphatic heterocycles. The number of carbonyl (C=O) groups excluding carboxylic acids is 1. The molecule has 0 saturated carbocycles. The number of amides is 1. The fraction of sp³-hybridized carbons (Fsp3) is 0.261. The molecule has 3 aromatic rings. The normalized spacial score (nSPS) is 14.3. The van der Waals surface area contributed by atoms with Crippen LogP contribution in [0.15, 0.2) is 79.1 Å². The monoisotopic (exact) mass is 372 g/mol. The first-order chi connectivity index (χ1) is 13.8. The molecule has 28 heavy (non-hydrogen) atoms. The van der Waals surface area contributed by atoms with Crippen molar-refractivity contribution in [3.05, 3.63) is 90.3 Å². The smallest absolute Gasteiger partial charge is 0.225 e. The van der Waals surface area contributed by atoms with Crippen molar-refractivity contribution in [1.29, 1.82) is 0 Å². The summed E-state index contributed by atoms with van der Waals surface area (Å²) in [6, 6.07) is 22.4. The van der Waals surface area contributed by atoms with Crippen molar-refractivity contribution in [1.82, 2.24) is 14.9 Å². The fourth-order valence-electron chi connectivity index (χ4n) is 3.71. The Labute approximate surface area is 165 Å². The molecule has 5 nitrogen and oxygen atoms in total. The number of benzene rings is 2. The van der Waals surface area contributed by atoms with E-state index in [1.54, 1.807) is 12.4 Å². The van der Waals surface area contributed by atoms with E-state index >= 15 is 0 Å². The van der Waals surface area contributed by atoms with Crippen molar-refractivity contribution in [2.45, 2.75) is 12.3 Å². The lowest BCUT2D eigenvalue weighted by Gasteiger charge is -2.35. The van der Waals surface area contributed by atoms with Gasteiger partial charge < -0.3 is 9.80 Å². The first kappa shape index (κ1) is 18.2. The average molecular weight is 372 g/mol. The molecule has 0 bridgehead atoms. The van der Waals surface area contributed by atoms with Crippen LogP contribution in [-0.4, -0.2) is 47.0 Å². The molecule has 0 aliphatic carbocycles. The molecule has 1 amide bonds. The minimum absolute atomic E-state index is 0.0744. The van der Waals surface area contributed by atoms with Crippen LogP contribution < -0.4 is 4.90 Å². The number of hydrogen-bond acceptors (Lipinski definition) is 4. The summed E-state index contributed by atoms with van der Waals surface area (Å²) in [5.74, 6) is 1.01. The molecule has 1 saturated heterocycles. The molecule has 2 aromatic carbocycles. The molecule has 0 spiro atoms.